The highest BCUT2D eigenvalue weighted by atomic mass is 19.4. The fraction of sp³-hybridized carbons (Fsp3) is 0.423. The minimum absolute atomic E-state index is 0.00142. The molecule has 10 heteroatoms. The van der Waals surface area contributed by atoms with Crippen molar-refractivity contribution < 1.29 is 23.1 Å². The number of carbonyl (C=O) groups is 1. The number of likely N-dealkylation sites (tertiary alicyclic amines) is 1. The van der Waals surface area contributed by atoms with Crippen molar-refractivity contribution in [2.75, 3.05) is 19.6 Å². The summed E-state index contributed by atoms with van der Waals surface area (Å²) in [4.78, 5) is 22.4. The van der Waals surface area contributed by atoms with Gasteiger partial charge in [0.25, 0.3) is 0 Å². The second kappa shape index (κ2) is 12.5. The van der Waals surface area contributed by atoms with Crippen molar-refractivity contribution in [2.24, 2.45) is 15.9 Å². The van der Waals surface area contributed by atoms with Gasteiger partial charge in [0.05, 0.1) is 30.1 Å². The molecule has 1 amide bonds. The van der Waals surface area contributed by atoms with E-state index in [0.717, 1.165) is 25.0 Å². The summed E-state index contributed by atoms with van der Waals surface area (Å²) in [6.07, 6.45) is -1.42. The monoisotopic (exact) mass is 505 g/mol. The lowest BCUT2D eigenvalue weighted by Crippen LogP contribution is -2.62. The average molecular weight is 506 g/mol. The number of allylic oxidation sites excluding steroid dienone is 2. The van der Waals surface area contributed by atoms with E-state index in [1.54, 1.807) is 0 Å². The quantitative estimate of drug-likeness (QED) is 0.264. The maximum absolute atomic E-state index is 13.1. The number of carbonyl (C=O) groups excluding carboxylic acids is 1. The molecular formula is C26H34F3N5O2. The van der Waals surface area contributed by atoms with Crippen molar-refractivity contribution in [1.82, 2.24) is 15.5 Å². The van der Waals surface area contributed by atoms with Crippen LogP contribution in [-0.2, 0) is 11.0 Å². The molecule has 1 fully saturated rings. The van der Waals surface area contributed by atoms with Crippen LogP contribution in [-0.4, -0.2) is 60.6 Å². The molecule has 2 unspecified atom stereocenters. The number of rotatable bonds is 13. The molecule has 1 aromatic carbocycles. The van der Waals surface area contributed by atoms with Gasteiger partial charge in [0, 0.05) is 36.1 Å². The number of benzene rings is 1. The van der Waals surface area contributed by atoms with Crippen molar-refractivity contribution in [3.63, 3.8) is 0 Å². The molecular weight excluding hydrogens is 471 g/mol. The van der Waals surface area contributed by atoms with E-state index in [2.05, 4.69) is 58.9 Å². The van der Waals surface area contributed by atoms with Gasteiger partial charge in [-0.05, 0) is 50.6 Å². The first kappa shape index (κ1) is 28.8. The number of aliphatic hydroxyl groups is 1. The number of nitrogens with zero attached hydrogens (tertiary/aromatic N) is 3. The zero-order chi connectivity index (χ0) is 27.0. The third-order valence-corrected chi connectivity index (χ3v) is 6.15. The molecule has 0 saturated carbocycles. The molecule has 3 N–H and O–H groups in total. The Morgan fingerprint density at radius 2 is 1.92 bits per heavy atom. The number of alkyl halides is 3. The van der Waals surface area contributed by atoms with E-state index in [1.807, 2.05) is 6.92 Å². The first-order chi connectivity index (χ1) is 16.8. The molecule has 1 aliphatic heterocycles. The van der Waals surface area contributed by atoms with Crippen LogP contribution in [0, 0.1) is 5.92 Å². The van der Waals surface area contributed by atoms with Crippen molar-refractivity contribution in [3.8, 4) is 0 Å². The van der Waals surface area contributed by atoms with Gasteiger partial charge < -0.3 is 15.7 Å². The van der Waals surface area contributed by atoms with Crippen molar-refractivity contribution in [2.45, 2.75) is 44.9 Å². The Morgan fingerprint density at radius 3 is 2.50 bits per heavy atom. The number of nitrogens with one attached hydrogen (secondary N) is 2. The summed E-state index contributed by atoms with van der Waals surface area (Å²) in [6.45, 7) is 19.9. The van der Waals surface area contributed by atoms with Gasteiger partial charge in [-0.3, -0.25) is 19.7 Å². The van der Waals surface area contributed by atoms with Gasteiger partial charge in [-0.2, -0.15) is 13.2 Å². The Labute approximate surface area is 210 Å². The first-order valence-electron chi connectivity index (χ1n) is 11.6. The van der Waals surface area contributed by atoms with Crippen LogP contribution in [0.3, 0.4) is 0 Å². The highest BCUT2D eigenvalue weighted by Crippen LogP contribution is 2.34. The van der Waals surface area contributed by atoms with Crippen LogP contribution in [0.2, 0.25) is 0 Å². The lowest BCUT2D eigenvalue weighted by Gasteiger charge is -2.43. The second-order valence-electron chi connectivity index (χ2n) is 9.01. The molecule has 1 saturated heterocycles. The Balaban J connectivity index is 1.76. The van der Waals surface area contributed by atoms with Crippen LogP contribution >= 0.6 is 0 Å². The predicted molar refractivity (Wildman–Crippen MR) is 138 cm³/mol. The van der Waals surface area contributed by atoms with Gasteiger partial charge in [-0.1, -0.05) is 26.7 Å². The molecule has 0 radical (unpaired) electrons. The lowest BCUT2D eigenvalue weighted by molar-refractivity contribution is -0.137. The summed E-state index contributed by atoms with van der Waals surface area (Å²) >= 11 is 0. The molecule has 7 nitrogen and oxygen atoms in total. The Bertz CT molecular complexity index is 1030. The average Bonchev–Trinajstić information content (AvgIpc) is 2.79. The molecule has 0 spiro atoms. The maximum atomic E-state index is 13.1. The number of halogens is 3. The van der Waals surface area contributed by atoms with E-state index in [9.17, 15) is 18.0 Å². The molecule has 196 valence electrons. The summed E-state index contributed by atoms with van der Waals surface area (Å²) in [5.74, 6) is -0.228. The lowest BCUT2D eigenvalue weighted by atomic mass is 9.96. The Morgan fingerprint density at radius 1 is 1.25 bits per heavy atom. The van der Waals surface area contributed by atoms with Crippen LogP contribution in [0.15, 0.2) is 59.4 Å². The Kier molecular flexibility index (Phi) is 10.0. The van der Waals surface area contributed by atoms with Crippen LogP contribution < -0.4 is 10.6 Å². The highest BCUT2D eigenvalue weighted by molar-refractivity contribution is 5.82. The van der Waals surface area contributed by atoms with Crippen molar-refractivity contribution in [3.05, 3.63) is 60.5 Å². The summed E-state index contributed by atoms with van der Waals surface area (Å²) in [7, 11) is 0. The SMILES string of the molecule is C=Nc1ccc(C(F)(F)F)cc1C(=C)NCC(=O)NC1CN(C(C)CCC(C)C(=C)N=CC(=C)O)C1. The van der Waals surface area contributed by atoms with Crippen LogP contribution in [0.25, 0.3) is 5.70 Å². The number of aliphatic hydroxyl groups excluding tert-OH is 1. The van der Waals surface area contributed by atoms with E-state index in [1.165, 1.54) is 12.3 Å². The topological polar surface area (TPSA) is 89.3 Å². The molecule has 36 heavy (non-hydrogen) atoms. The number of hydrogen-bond acceptors (Lipinski definition) is 6. The zero-order valence-electron chi connectivity index (χ0n) is 20.7. The zero-order valence-corrected chi connectivity index (χ0v) is 20.7. The number of aliphatic imine (C=N–C) groups is 2. The van der Waals surface area contributed by atoms with E-state index < -0.39 is 11.7 Å². The van der Waals surface area contributed by atoms with Gasteiger partial charge in [0.15, 0.2) is 0 Å². The van der Waals surface area contributed by atoms with Crippen molar-refractivity contribution >= 4 is 30.2 Å². The largest absolute Gasteiger partial charge is 0.507 e. The van der Waals surface area contributed by atoms with E-state index in [4.69, 9.17) is 5.11 Å². The molecule has 1 heterocycles. The minimum atomic E-state index is -4.51. The highest BCUT2D eigenvalue weighted by Gasteiger charge is 2.32. The standard InChI is InChI=1S/C26H34F3N5O2/c1-16(19(4)31-12-18(3)35)7-8-17(2)34-14-22(15-34)33-25(36)13-32-20(5)23-11-21(26(27,28)29)9-10-24(23)30-6/h9-12,16-17,22,32,35H,3-8,13-15H2,1-2H3,(H,33,36). The number of hydrogen-bond donors (Lipinski definition) is 3. The van der Waals surface area contributed by atoms with E-state index in [-0.39, 0.29) is 47.1 Å². The molecule has 1 aliphatic rings. The third-order valence-electron chi connectivity index (χ3n) is 6.15. The molecule has 2 rings (SSSR count). The molecule has 1 aromatic rings. The van der Waals surface area contributed by atoms with E-state index >= 15 is 0 Å². The second-order valence-corrected chi connectivity index (χ2v) is 9.01. The van der Waals surface area contributed by atoms with Gasteiger partial charge in [-0.25, -0.2) is 0 Å². The molecule has 0 bridgehead atoms. The smallest absolute Gasteiger partial charge is 0.416 e. The molecule has 0 aliphatic carbocycles. The summed E-state index contributed by atoms with van der Waals surface area (Å²) in [5, 5.41) is 14.8. The van der Waals surface area contributed by atoms with E-state index in [0.29, 0.717) is 24.8 Å². The van der Waals surface area contributed by atoms with Crippen molar-refractivity contribution in [1.29, 1.82) is 0 Å². The summed E-state index contributed by atoms with van der Waals surface area (Å²) in [5.41, 5.74) is 0.393. The molecule has 2 atom stereocenters. The first-order valence-corrected chi connectivity index (χ1v) is 11.6. The van der Waals surface area contributed by atoms with Crippen LogP contribution in [0.5, 0.6) is 0 Å². The fourth-order valence-corrected chi connectivity index (χ4v) is 3.74. The minimum Gasteiger partial charge on any atom is -0.507 e. The van der Waals surface area contributed by atoms with Gasteiger partial charge in [0.2, 0.25) is 5.91 Å². The number of amides is 1. The fourth-order valence-electron chi connectivity index (χ4n) is 3.74. The predicted octanol–water partition coefficient (Wildman–Crippen LogP) is 4.86. The third kappa shape index (κ3) is 8.37. The van der Waals surface area contributed by atoms with Gasteiger partial charge in [0.1, 0.15) is 5.76 Å². The van der Waals surface area contributed by atoms with Gasteiger partial charge in [-0.15, -0.1) is 0 Å². The summed E-state index contributed by atoms with van der Waals surface area (Å²) in [6, 6.07) is 3.40. The Hall–Kier alpha value is -3.40. The van der Waals surface area contributed by atoms with Gasteiger partial charge >= 0.3 is 6.18 Å². The van der Waals surface area contributed by atoms with Crippen LogP contribution in [0.1, 0.15) is 37.8 Å². The maximum Gasteiger partial charge on any atom is 0.416 e. The molecule has 0 aromatic heterocycles. The van der Waals surface area contributed by atoms with Crippen LogP contribution in [0.4, 0.5) is 18.9 Å². The summed E-state index contributed by atoms with van der Waals surface area (Å²) < 4.78 is 39.2. The normalized spacial score (nSPS) is 16.1.